The summed E-state index contributed by atoms with van der Waals surface area (Å²) in [5, 5.41) is 23.3. The molecule has 0 aromatic rings. The number of aliphatic hydroxyl groups excluding tert-OH is 2. The van der Waals surface area contributed by atoms with Crippen LogP contribution in [0.25, 0.3) is 0 Å². The number of amides is 1. The van der Waals surface area contributed by atoms with E-state index in [1.807, 2.05) is 0 Å². The molecule has 0 bridgehead atoms. The van der Waals surface area contributed by atoms with E-state index in [1.165, 1.54) is 302 Å². The lowest BCUT2D eigenvalue weighted by atomic mass is 10.0. The van der Waals surface area contributed by atoms with Crippen molar-refractivity contribution in [2.75, 3.05) is 6.61 Å². The molecule has 4 nitrogen and oxygen atoms in total. The fraction of sp³-hybridized carbons (Fsp3) is 0.951. The number of allylic oxidation sites excluding steroid dienone is 2. The van der Waals surface area contributed by atoms with E-state index in [4.69, 9.17) is 0 Å². The van der Waals surface area contributed by atoms with Crippen LogP contribution in [0.2, 0.25) is 0 Å². The third kappa shape index (κ3) is 53.9. The van der Waals surface area contributed by atoms with Crippen molar-refractivity contribution in [3.63, 3.8) is 0 Å². The van der Waals surface area contributed by atoms with Crippen LogP contribution in [0.1, 0.15) is 354 Å². The molecular formula is C61H121NO3. The van der Waals surface area contributed by atoms with E-state index in [-0.39, 0.29) is 12.5 Å². The predicted octanol–water partition coefficient (Wildman–Crippen LogP) is 20.1. The average molecular weight is 917 g/mol. The molecule has 3 N–H and O–H groups in total. The van der Waals surface area contributed by atoms with E-state index in [1.54, 1.807) is 0 Å². The lowest BCUT2D eigenvalue weighted by Gasteiger charge is -2.22. The van der Waals surface area contributed by atoms with Crippen molar-refractivity contribution < 1.29 is 15.0 Å². The highest BCUT2D eigenvalue weighted by atomic mass is 16.3. The van der Waals surface area contributed by atoms with E-state index in [0.29, 0.717) is 12.8 Å². The molecule has 0 heterocycles. The van der Waals surface area contributed by atoms with Crippen molar-refractivity contribution in [3.8, 4) is 0 Å². The Bertz CT molecular complexity index is 905. The molecule has 1 amide bonds. The molecule has 0 aromatic carbocycles. The summed E-state index contributed by atoms with van der Waals surface area (Å²) < 4.78 is 0. The van der Waals surface area contributed by atoms with Crippen LogP contribution in [0.3, 0.4) is 0 Å². The summed E-state index contributed by atoms with van der Waals surface area (Å²) in [5.74, 6) is -0.0227. The Balaban J connectivity index is 3.36. The zero-order valence-electron chi connectivity index (χ0n) is 44.8. The molecular weight excluding hydrogens is 795 g/mol. The molecule has 0 aliphatic rings. The summed E-state index contributed by atoms with van der Waals surface area (Å²) >= 11 is 0. The summed E-state index contributed by atoms with van der Waals surface area (Å²) in [4.78, 5) is 12.5. The topological polar surface area (TPSA) is 69.6 Å². The maximum absolute atomic E-state index is 12.5. The van der Waals surface area contributed by atoms with Crippen molar-refractivity contribution in [1.82, 2.24) is 5.32 Å². The minimum Gasteiger partial charge on any atom is -0.394 e. The minimum absolute atomic E-state index is 0.0227. The van der Waals surface area contributed by atoms with Crippen LogP contribution in [-0.2, 0) is 4.79 Å². The molecule has 65 heavy (non-hydrogen) atoms. The Morgan fingerprint density at radius 1 is 0.354 bits per heavy atom. The van der Waals surface area contributed by atoms with Gasteiger partial charge in [0.1, 0.15) is 0 Å². The van der Waals surface area contributed by atoms with Crippen molar-refractivity contribution in [2.24, 2.45) is 0 Å². The molecule has 0 radical (unpaired) electrons. The highest BCUT2D eigenvalue weighted by Crippen LogP contribution is 2.18. The fourth-order valence-electron chi connectivity index (χ4n) is 9.89. The van der Waals surface area contributed by atoms with Gasteiger partial charge < -0.3 is 15.5 Å². The highest BCUT2D eigenvalue weighted by molar-refractivity contribution is 5.76. The quantitative estimate of drug-likeness (QED) is 0.0421. The summed E-state index contributed by atoms with van der Waals surface area (Å²) in [7, 11) is 0. The van der Waals surface area contributed by atoms with Gasteiger partial charge in [-0.3, -0.25) is 4.79 Å². The maximum Gasteiger partial charge on any atom is 0.220 e. The van der Waals surface area contributed by atoms with Gasteiger partial charge in [0.05, 0.1) is 18.8 Å². The Kier molecular flexibility index (Phi) is 56.7. The van der Waals surface area contributed by atoms with Crippen LogP contribution < -0.4 is 5.32 Å². The van der Waals surface area contributed by atoms with Gasteiger partial charge in [0.2, 0.25) is 5.91 Å². The van der Waals surface area contributed by atoms with Gasteiger partial charge >= 0.3 is 0 Å². The third-order valence-corrected chi connectivity index (χ3v) is 14.5. The maximum atomic E-state index is 12.5. The molecule has 0 saturated carbocycles. The van der Waals surface area contributed by atoms with Gasteiger partial charge in [-0.05, 0) is 38.5 Å². The van der Waals surface area contributed by atoms with Gasteiger partial charge in [0.25, 0.3) is 0 Å². The monoisotopic (exact) mass is 916 g/mol. The zero-order valence-corrected chi connectivity index (χ0v) is 44.8. The smallest absolute Gasteiger partial charge is 0.220 e. The van der Waals surface area contributed by atoms with Crippen molar-refractivity contribution in [3.05, 3.63) is 12.2 Å². The van der Waals surface area contributed by atoms with Gasteiger partial charge in [-0.15, -0.1) is 0 Å². The normalized spacial score (nSPS) is 12.7. The zero-order chi connectivity index (χ0) is 47.0. The van der Waals surface area contributed by atoms with E-state index in [0.717, 1.165) is 25.7 Å². The lowest BCUT2D eigenvalue weighted by Crippen LogP contribution is -2.45. The van der Waals surface area contributed by atoms with Gasteiger partial charge in [-0.1, -0.05) is 321 Å². The average Bonchev–Trinajstić information content (AvgIpc) is 3.31. The van der Waals surface area contributed by atoms with Crippen molar-refractivity contribution >= 4 is 5.91 Å². The van der Waals surface area contributed by atoms with Crippen LogP contribution in [0.5, 0.6) is 0 Å². The molecule has 0 aliphatic heterocycles. The summed E-state index contributed by atoms with van der Waals surface area (Å²) in [5.41, 5.74) is 0. The van der Waals surface area contributed by atoms with Gasteiger partial charge in [0.15, 0.2) is 0 Å². The number of carbonyl (C=O) groups excluding carboxylic acids is 1. The molecule has 0 aromatic heterocycles. The number of aliphatic hydroxyl groups is 2. The Morgan fingerprint density at radius 3 is 0.846 bits per heavy atom. The SMILES string of the molecule is CCCCCCCCCC/C=C\CCCCCCCCCCCCCCCCCCCCCCCCCC(=O)NC(CO)C(O)CCCCCCCCCCCCCCCCCCCC. The molecule has 4 heteroatoms. The van der Waals surface area contributed by atoms with Crippen LogP contribution in [0.4, 0.5) is 0 Å². The largest absolute Gasteiger partial charge is 0.394 e. The minimum atomic E-state index is -0.656. The molecule has 388 valence electrons. The first-order chi connectivity index (χ1) is 32.2. The number of unbranched alkanes of at least 4 members (excludes halogenated alkanes) is 48. The number of carbonyl (C=O) groups is 1. The predicted molar refractivity (Wildman–Crippen MR) is 290 cm³/mol. The number of rotatable bonds is 57. The molecule has 0 saturated heterocycles. The Morgan fingerprint density at radius 2 is 0.585 bits per heavy atom. The van der Waals surface area contributed by atoms with E-state index in [9.17, 15) is 15.0 Å². The van der Waals surface area contributed by atoms with E-state index >= 15 is 0 Å². The van der Waals surface area contributed by atoms with E-state index < -0.39 is 12.1 Å². The first-order valence-corrected chi connectivity index (χ1v) is 30.4. The Labute approximate surface area is 409 Å². The number of hydrogen-bond donors (Lipinski definition) is 3. The van der Waals surface area contributed by atoms with Gasteiger partial charge in [-0.2, -0.15) is 0 Å². The summed E-state index contributed by atoms with van der Waals surface area (Å²) in [6, 6.07) is -0.532. The number of hydrogen-bond acceptors (Lipinski definition) is 3. The van der Waals surface area contributed by atoms with Crippen LogP contribution in [0.15, 0.2) is 12.2 Å². The van der Waals surface area contributed by atoms with Crippen molar-refractivity contribution in [1.29, 1.82) is 0 Å². The molecule has 2 unspecified atom stereocenters. The van der Waals surface area contributed by atoms with Gasteiger partial charge in [0, 0.05) is 6.42 Å². The standard InChI is InChI=1S/C61H121NO3/c1-3-5-7-9-11-13-15-17-19-21-23-24-25-26-27-28-29-30-31-32-33-34-35-36-37-38-39-41-43-45-47-49-51-53-55-57-61(65)62-59(58-63)60(64)56-54-52-50-48-46-44-42-40-22-20-18-16-14-12-10-8-6-4-2/h21,23,59-60,63-64H,3-20,22,24-58H2,1-2H3,(H,62,65)/b23-21-. The van der Waals surface area contributed by atoms with Crippen LogP contribution in [0, 0.1) is 0 Å². The summed E-state index contributed by atoms with van der Waals surface area (Å²) in [6.07, 6.45) is 75.1. The second-order valence-corrected chi connectivity index (χ2v) is 21.1. The van der Waals surface area contributed by atoms with Crippen LogP contribution >= 0.6 is 0 Å². The lowest BCUT2D eigenvalue weighted by molar-refractivity contribution is -0.123. The molecule has 0 aliphatic carbocycles. The third-order valence-electron chi connectivity index (χ3n) is 14.5. The van der Waals surface area contributed by atoms with Crippen molar-refractivity contribution in [2.45, 2.75) is 366 Å². The molecule has 0 rings (SSSR count). The first-order valence-electron chi connectivity index (χ1n) is 30.4. The highest BCUT2D eigenvalue weighted by Gasteiger charge is 2.20. The van der Waals surface area contributed by atoms with Crippen LogP contribution in [-0.4, -0.2) is 34.9 Å². The molecule has 0 fully saturated rings. The second-order valence-electron chi connectivity index (χ2n) is 21.1. The number of nitrogens with one attached hydrogen (secondary N) is 1. The summed E-state index contributed by atoms with van der Waals surface area (Å²) in [6.45, 7) is 4.40. The molecule has 2 atom stereocenters. The van der Waals surface area contributed by atoms with E-state index in [2.05, 4.69) is 31.3 Å². The molecule has 0 spiro atoms. The first kappa shape index (κ1) is 64.1. The fourth-order valence-corrected chi connectivity index (χ4v) is 9.89. The van der Waals surface area contributed by atoms with Gasteiger partial charge in [-0.25, -0.2) is 0 Å². The second kappa shape index (κ2) is 57.4. The Hall–Kier alpha value is -0.870.